The van der Waals surface area contributed by atoms with E-state index in [0.29, 0.717) is 23.4 Å². The zero-order chi connectivity index (χ0) is 16.1. The lowest BCUT2D eigenvalue weighted by Gasteiger charge is -2.10. The monoisotopic (exact) mass is 300 g/mol. The van der Waals surface area contributed by atoms with Gasteiger partial charge in [-0.1, -0.05) is 24.3 Å². The van der Waals surface area contributed by atoms with Crippen LogP contribution in [0.25, 0.3) is 0 Å². The molecule has 0 fully saturated rings. The number of benzene rings is 2. The van der Waals surface area contributed by atoms with E-state index < -0.39 is 6.43 Å². The van der Waals surface area contributed by atoms with Crippen LogP contribution in [0.2, 0.25) is 0 Å². The Morgan fingerprint density at radius 2 is 1.91 bits per heavy atom. The Balaban J connectivity index is 2.15. The molecule has 0 amide bonds. The minimum atomic E-state index is -2.49. The van der Waals surface area contributed by atoms with Gasteiger partial charge in [-0.15, -0.1) is 0 Å². The van der Waals surface area contributed by atoms with E-state index in [-0.39, 0.29) is 11.3 Å². The summed E-state index contributed by atoms with van der Waals surface area (Å²) < 4.78 is 25.0. The topological polar surface area (TPSA) is 52.9 Å². The summed E-state index contributed by atoms with van der Waals surface area (Å²) in [5, 5.41) is 12.1. The van der Waals surface area contributed by atoms with Gasteiger partial charge in [-0.3, -0.25) is 4.79 Å². The Bertz CT molecular complexity index is 718. The average Bonchev–Trinajstić information content (AvgIpc) is 2.52. The van der Waals surface area contributed by atoms with E-state index in [2.05, 4.69) is 5.32 Å². The molecule has 2 aromatic rings. The summed E-state index contributed by atoms with van der Waals surface area (Å²) in [5.74, 6) is -0.0890. The normalized spacial score (nSPS) is 10.3. The summed E-state index contributed by atoms with van der Waals surface area (Å²) in [6, 6.07) is 12.8. The molecule has 0 spiro atoms. The maximum atomic E-state index is 12.5. The van der Waals surface area contributed by atoms with Crippen molar-refractivity contribution < 1.29 is 13.6 Å². The molecule has 0 bridgehead atoms. The molecular formula is C17H14F2N2O. The fourth-order valence-electron chi connectivity index (χ4n) is 1.99. The number of nitriles is 1. The molecule has 3 nitrogen and oxygen atoms in total. The van der Waals surface area contributed by atoms with Crippen LogP contribution >= 0.6 is 0 Å². The van der Waals surface area contributed by atoms with Gasteiger partial charge in [0.1, 0.15) is 6.07 Å². The van der Waals surface area contributed by atoms with Gasteiger partial charge in [-0.25, -0.2) is 8.78 Å². The second-order valence-corrected chi connectivity index (χ2v) is 4.82. The number of ketones is 1. The van der Waals surface area contributed by atoms with Crippen molar-refractivity contribution in [3.05, 3.63) is 64.7 Å². The predicted molar refractivity (Wildman–Crippen MR) is 79.9 cm³/mol. The van der Waals surface area contributed by atoms with E-state index in [0.717, 1.165) is 5.56 Å². The van der Waals surface area contributed by atoms with E-state index in [1.54, 1.807) is 30.3 Å². The molecule has 0 saturated heterocycles. The van der Waals surface area contributed by atoms with Crippen molar-refractivity contribution >= 4 is 11.5 Å². The smallest absolute Gasteiger partial charge is 0.263 e. The number of anilines is 1. The molecule has 0 saturated carbocycles. The van der Waals surface area contributed by atoms with Gasteiger partial charge >= 0.3 is 0 Å². The highest BCUT2D eigenvalue weighted by atomic mass is 19.3. The van der Waals surface area contributed by atoms with Crippen molar-refractivity contribution in [3.63, 3.8) is 0 Å². The van der Waals surface area contributed by atoms with Crippen molar-refractivity contribution in [2.45, 2.75) is 19.9 Å². The zero-order valence-electron chi connectivity index (χ0n) is 11.9. The van der Waals surface area contributed by atoms with E-state index in [9.17, 15) is 13.6 Å². The minimum absolute atomic E-state index is 0.0277. The predicted octanol–water partition coefficient (Wildman–Crippen LogP) is 4.31. The van der Waals surface area contributed by atoms with Crippen LogP contribution in [0.1, 0.15) is 40.4 Å². The fraction of sp³-hybridized carbons (Fsp3) is 0.176. The largest absolute Gasteiger partial charge is 0.380 e. The summed E-state index contributed by atoms with van der Waals surface area (Å²) in [7, 11) is 0. The van der Waals surface area contributed by atoms with Gasteiger partial charge in [0.05, 0.1) is 11.3 Å². The van der Waals surface area contributed by atoms with Gasteiger partial charge in [-0.2, -0.15) is 5.26 Å². The molecule has 22 heavy (non-hydrogen) atoms. The molecule has 5 heteroatoms. The first-order valence-electron chi connectivity index (χ1n) is 6.67. The summed E-state index contributed by atoms with van der Waals surface area (Å²) in [5.41, 5.74) is 2.26. The standard InChI is InChI=1S/C17H14F2N2O/c1-11(22)14-6-7-15(9-20)16(8-14)21-10-12-2-4-13(5-3-12)17(18)19/h2-8,17,21H,10H2,1H3. The second kappa shape index (κ2) is 6.81. The van der Waals surface area contributed by atoms with Crippen LogP contribution in [-0.2, 0) is 6.54 Å². The van der Waals surface area contributed by atoms with Gasteiger partial charge in [0.15, 0.2) is 5.78 Å². The van der Waals surface area contributed by atoms with Crippen molar-refractivity contribution in [2.75, 3.05) is 5.32 Å². The summed E-state index contributed by atoms with van der Waals surface area (Å²) in [6.07, 6.45) is -2.49. The molecular weight excluding hydrogens is 286 g/mol. The summed E-state index contributed by atoms with van der Waals surface area (Å²) in [4.78, 5) is 11.4. The number of carbonyl (C=O) groups excluding carboxylic acids is 1. The van der Waals surface area contributed by atoms with Crippen LogP contribution in [0.4, 0.5) is 14.5 Å². The SMILES string of the molecule is CC(=O)c1ccc(C#N)c(NCc2ccc(C(F)F)cc2)c1. The Kier molecular flexibility index (Phi) is 4.84. The van der Waals surface area contributed by atoms with Crippen LogP contribution in [0, 0.1) is 11.3 Å². The van der Waals surface area contributed by atoms with E-state index in [1.807, 2.05) is 6.07 Å². The highest BCUT2D eigenvalue weighted by Gasteiger charge is 2.08. The Hall–Kier alpha value is -2.74. The number of alkyl halides is 2. The van der Waals surface area contributed by atoms with Crippen molar-refractivity contribution in [3.8, 4) is 6.07 Å². The number of Topliss-reactive ketones (excluding diaryl/α,β-unsaturated/α-hetero) is 1. The lowest BCUT2D eigenvalue weighted by atomic mass is 10.1. The number of nitrogens with one attached hydrogen (secondary N) is 1. The Morgan fingerprint density at radius 1 is 1.23 bits per heavy atom. The molecule has 0 atom stereocenters. The summed E-state index contributed by atoms with van der Waals surface area (Å²) in [6.45, 7) is 1.83. The lowest BCUT2D eigenvalue weighted by molar-refractivity contribution is 0.101. The molecule has 0 aliphatic carbocycles. The fourth-order valence-corrected chi connectivity index (χ4v) is 1.99. The number of rotatable bonds is 5. The molecule has 2 rings (SSSR count). The molecule has 0 aromatic heterocycles. The molecule has 112 valence electrons. The molecule has 0 unspecified atom stereocenters. The molecule has 0 aliphatic heterocycles. The number of hydrogen-bond acceptors (Lipinski definition) is 3. The molecule has 0 aliphatic rings. The molecule has 2 aromatic carbocycles. The van der Waals surface area contributed by atoms with E-state index in [4.69, 9.17) is 5.26 Å². The third-order valence-corrected chi connectivity index (χ3v) is 3.26. The van der Waals surface area contributed by atoms with E-state index in [1.165, 1.54) is 19.1 Å². The molecule has 1 N–H and O–H groups in total. The zero-order valence-corrected chi connectivity index (χ0v) is 11.9. The van der Waals surface area contributed by atoms with Crippen molar-refractivity contribution in [1.29, 1.82) is 5.26 Å². The number of nitrogens with zero attached hydrogens (tertiary/aromatic N) is 1. The van der Waals surface area contributed by atoms with Crippen LogP contribution in [0.3, 0.4) is 0 Å². The van der Waals surface area contributed by atoms with Crippen LogP contribution in [0.15, 0.2) is 42.5 Å². The van der Waals surface area contributed by atoms with Gasteiger partial charge in [0.25, 0.3) is 6.43 Å². The van der Waals surface area contributed by atoms with Gasteiger partial charge in [-0.05, 0) is 30.7 Å². The van der Waals surface area contributed by atoms with Crippen molar-refractivity contribution in [1.82, 2.24) is 0 Å². The Morgan fingerprint density at radius 3 is 2.45 bits per heavy atom. The van der Waals surface area contributed by atoms with Gasteiger partial charge in [0.2, 0.25) is 0 Å². The number of halogens is 2. The molecule has 0 heterocycles. The van der Waals surface area contributed by atoms with Gasteiger partial charge < -0.3 is 5.32 Å². The Labute approximate surface area is 127 Å². The highest BCUT2D eigenvalue weighted by Crippen LogP contribution is 2.21. The lowest BCUT2D eigenvalue weighted by Crippen LogP contribution is -2.03. The van der Waals surface area contributed by atoms with E-state index >= 15 is 0 Å². The highest BCUT2D eigenvalue weighted by molar-refractivity contribution is 5.95. The van der Waals surface area contributed by atoms with Gasteiger partial charge in [0, 0.05) is 17.7 Å². The van der Waals surface area contributed by atoms with Crippen LogP contribution in [-0.4, -0.2) is 5.78 Å². The number of carbonyl (C=O) groups is 1. The number of hydrogen-bond donors (Lipinski definition) is 1. The first-order chi connectivity index (χ1) is 10.5. The second-order valence-electron chi connectivity index (χ2n) is 4.82. The maximum absolute atomic E-state index is 12.5. The van der Waals surface area contributed by atoms with Crippen molar-refractivity contribution in [2.24, 2.45) is 0 Å². The third-order valence-electron chi connectivity index (χ3n) is 3.26. The average molecular weight is 300 g/mol. The quantitative estimate of drug-likeness (QED) is 0.837. The maximum Gasteiger partial charge on any atom is 0.263 e. The first kappa shape index (κ1) is 15.6. The van der Waals surface area contributed by atoms with Crippen LogP contribution < -0.4 is 5.32 Å². The van der Waals surface area contributed by atoms with Crippen LogP contribution in [0.5, 0.6) is 0 Å². The first-order valence-corrected chi connectivity index (χ1v) is 6.67. The minimum Gasteiger partial charge on any atom is -0.380 e. The summed E-state index contributed by atoms with van der Waals surface area (Å²) >= 11 is 0. The third kappa shape index (κ3) is 3.67. The molecule has 0 radical (unpaired) electrons.